The smallest absolute Gasteiger partial charge is 0.339 e. The van der Waals surface area contributed by atoms with E-state index in [0.717, 1.165) is 16.7 Å². The zero-order valence-electron chi connectivity index (χ0n) is 37.1. The molecule has 0 spiro atoms. The summed E-state index contributed by atoms with van der Waals surface area (Å²) in [5.74, 6) is 0.795. The number of hydrogen-bond donors (Lipinski definition) is 0. The van der Waals surface area contributed by atoms with Crippen LogP contribution in [0.4, 0.5) is 0 Å². The Balaban J connectivity index is 1.64. The van der Waals surface area contributed by atoms with E-state index in [1.54, 1.807) is 19.2 Å². The monoisotopic (exact) mass is 1120 g/mol. The topological polar surface area (TPSA) is 145 Å². The molecule has 0 bridgehead atoms. The Morgan fingerprint density at radius 1 is 0.538 bits per heavy atom. The third-order valence-corrected chi connectivity index (χ3v) is 12.2. The van der Waals surface area contributed by atoms with E-state index in [0.29, 0.717) is 24.4 Å². The van der Waals surface area contributed by atoms with Crippen LogP contribution in [0, 0.1) is 7.14 Å². The molecule has 0 aliphatic rings. The van der Waals surface area contributed by atoms with Crippen LogP contribution in [0.3, 0.4) is 0 Å². The molecule has 0 aromatic heterocycles. The number of methoxy groups -OCH3 is 7. The highest BCUT2D eigenvalue weighted by molar-refractivity contribution is 14.1. The molecule has 0 aliphatic carbocycles. The molecule has 0 N–H and O–H groups in total. The minimum atomic E-state index is -1.29. The molecular weight excluding hydrogens is 1070 g/mol. The van der Waals surface area contributed by atoms with Crippen LogP contribution < -0.4 is 33.2 Å². The summed E-state index contributed by atoms with van der Waals surface area (Å²) in [6.07, 6.45) is -3.08. The van der Waals surface area contributed by atoms with Crippen LogP contribution in [0.1, 0.15) is 37.4 Å². The molecule has 0 amide bonds. The highest BCUT2D eigenvalue weighted by Crippen LogP contribution is 2.44. The Kier molecular flexibility index (Phi) is 19.8. The first kappa shape index (κ1) is 50.7. The van der Waals surface area contributed by atoms with Gasteiger partial charge in [-0.05, 0) is 86.1 Å². The Bertz CT molecular complexity index is 2330. The Labute approximate surface area is 406 Å². The molecular formula is C49H52I2O14. The van der Waals surface area contributed by atoms with Crippen molar-refractivity contribution >= 4 is 57.1 Å². The van der Waals surface area contributed by atoms with Gasteiger partial charge in [-0.1, -0.05) is 78.9 Å². The van der Waals surface area contributed by atoms with E-state index in [1.165, 1.54) is 60.9 Å². The summed E-state index contributed by atoms with van der Waals surface area (Å²) < 4.78 is 72.5. The Hall–Kier alpha value is -5.28. The van der Waals surface area contributed by atoms with Gasteiger partial charge in [0, 0.05) is 0 Å². The van der Waals surface area contributed by atoms with Crippen LogP contribution in [0.2, 0.25) is 0 Å². The average molecular weight is 1120 g/mol. The van der Waals surface area contributed by atoms with Crippen molar-refractivity contribution in [1.82, 2.24) is 0 Å². The minimum Gasteiger partial charge on any atom is -0.497 e. The maximum Gasteiger partial charge on any atom is 0.339 e. The van der Waals surface area contributed by atoms with Crippen LogP contribution in [0.5, 0.6) is 40.2 Å². The Morgan fingerprint density at radius 2 is 1.00 bits per heavy atom. The maximum absolute atomic E-state index is 14.7. The van der Waals surface area contributed by atoms with E-state index >= 15 is 0 Å². The van der Waals surface area contributed by atoms with Crippen molar-refractivity contribution in [3.63, 3.8) is 0 Å². The number of ether oxygens (including phenoxy) is 12. The second kappa shape index (κ2) is 25.4. The lowest BCUT2D eigenvalue weighted by molar-refractivity contribution is -0.171. The molecule has 65 heavy (non-hydrogen) atoms. The van der Waals surface area contributed by atoms with Crippen LogP contribution in [0.25, 0.3) is 0 Å². The highest BCUT2D eigenvalue weighted by Gasteiger charge is 2.41. The minimum absolute atomic E-state index is 0.0220. The van der Waals surface area contributed by atoms with Crippen LogP contribution in [0.15, 0.2) is 110 Å². The van der Waals surface area contributed by atoms with Gasteiger partial charge in [0.05, 0.1) is 87.9 Å². The third kappa shape index (κ3) is 13.0. The summed E-state index contributed by atoms with van der Waals surface area (Å²) in [5, 5.41) is 0. The van der Waals surface area contributed by atoms with Gasteiger partial charge in [0.2, 0.25) is 11.5 Å². The summed E-state index contributed by atoms with van der Waals surface area (Å²) in [6.45, 7) is 3.89. The first-order valence-electron chi connectivity index (χ1n) is 20.1. The van der Waals surface area contributed by atoms with Gasteiger partial charge in [-0.25, -0.2) is 9.59 Å². The fourth-order valence-electron chi connectivity index (χ4n) is 6.69. The largest absolute Gasteiger partial charge is 0.497 e. The molecule has 16 heteroatoms. The van der Waals surface area contributed by atoms with Gasteiger partial charge in [0.15, 0.2) is 29.1 Å². The van der Waals surface area contributed by atoms with Crippen molar-refractivity contribution in [3.8, 4) is 40.2 Å². The molecule has 0 radical (unpaired) electrons. The summed E-state index contributed by atoms with van der Waals surface area (Å²) >= 11 is 3.99. The average Bonchev–Trinajstić information content (AvgIpc) is 3.34. The van der Waals surface area contributed by atoms with Crippen LogP contribution >= 0.6 is 45.2 Å². The zero-order chi connectivity index (χ0) is 46.9. The molecule has 0 heterocycles. The van der Waals surface area contributed by atoms with E-state index in [9.17, 15) is 9.59 Å². The van der Waals surface area contributed by atoms with E-state index < -0.39 is 36.4 Å². The number of benzene rings is 5. The maximum atomic E-state index is 14.7. The number of esters is 2. The first-order chi connectivity index (χ1) is 31.5. The van der Waals surface area contributed by atoms with Gasteiger partial charge in [-0.3, -0.25) is 0 Å². The van der Waals surface area contributed by atoms with Crippen molar-refractivity contribution in [2.45, 2.75) is 44.2 Å². The molecule has 14 nitrogen and oxygen atoms in total. The number of hydrogen-bond acceptors (Lipinski definition) is 14. The molecule has 5 rings (SSSR count). The molecule has 5 aromatic carbocycles. The predicted molar refractivity (Wildman–Crippen MR) is 259 cm³/mol. The van der Waals surface area contributed by atoms with E-state index in [-0.39, 0.29) is 60.6 Å². The lowest BCUT2D eigenvalue weighted by Gasteiger charge is -2.36. The molecule has 5 aromatic rings. The van der Waals surface area contributed by atoms with Crippen molar-refractivity contribution < 1.29 is 66.4 Å². The molecule has 0 saturated heterocycles. The van der Waals surface area contributed by atoms with Crippen molar-refractivity contribution in [2.24, 2.45) is 0 Å². The third-order valence-electron chi connectivity index (χ3n) is 10.0. The van der Waals surface area contributed by atoms with Crippen LogP contribution in [-0.4, -0.2) is 92.7 Å². The SMILES string of the molecule is C=C[C@H](OCc1ccccc1)[C@@H](OC(=O)c1cc(OC)c(OC)c(OC)c1I)[C@H](OCc1ccccc1)[C@@H](COC(=O)c1cc(OC)c(OC)c(OC)c1I)OCc1ccc(OC)cc1. The van der Waals surface area contributed by atoms with Gasteiger partial charge in [0.25, 0.3) is 0 Å². The first-order valence-corrected chi connectivity index (χ1v) is 22.2. The molecule has 0 unspecified atom stereocenters. The quantitative estimate of drug-likeness (QED) is 0.0311. The molecule has 0 saturated carbocycles. The standard InChI is InChI=1S/C49H52I2O14/c1-9-36(61-26-30-16-12-10-13-17-30)45(65-49(53)35-25-38(56-4)43(58-6)47(60-8)41(35)51)44(63-28-31-18-14-11-15-19-31)39(62-27-32-20-22-33(54-2)23-21-32)29-64-48(52)34-24-37(55-3)42(57-5)46(59-7)40(34)50/h9-25,36,39,44-45H,1,26-29H2,2-8H3/t36-,39+,44+,45+/m0/s1. The van der Waals surface area contributed by atoms with Gasteiger partial charge in [0.1, 0.15) is 30.7 Å². The van der Waals surface area contributed by atoms with Gasteiger partial charge >= 0.3 is 11.9 Å². The zero-order valence-corrected chi connectivity index (χ0v) is 41.4. The normalized spacial score (nSPS) is 12.8. The van der Waals surface area contributed by atoms with Gasteiger partial charge in [-0.15, -0.1) is 6.58 Å². The summed E-state index contributed by atoms with van der Waals surface area (Å²) in [7, 11) is 10.3. The fourth-order valence-corrected chi connectivity index (χ4v) is 8.37. The van der Waals surface area contributed by atoms with Crippen LogP contribution in [-0.2, 0) is 43.5 Å². The molecule has 346 valence electrons. The van der Waals surface area contributed by atoms with E-state index in [4.69, 9.17) is 56.8 Å². The number of carbonyl (C=O) groups excluding carboxylic acids is 2. The predicted octanol–water partition coefficient (Wildman–Crippen LogP) is 9.28. The number of halogens is 2. The lowest BCUT2D eigenvalue weighted by atomic mass is 10.0. The van der Waals surface area contributed by atoms with Crippen molar-refractivity contribution in [2.75, 3.05) is 56.4 Å². The van der Waals surface area contributed by atoms with Gasteiger partial charge in [-0.2, -0.15) is 0 Å². The van der Waals surface area contributed by atoms with E-state index in [2.05, 4.69) is 6.58 Å². The highest BCUT2D eigenvalue weighted by atomic mass is 127. The molecule has 4 atom stereocenters. The van der Waals surface area contributed by atoms with Gasteiger partial charge < -0.3 is 56.8 Å². The molecule has 0 fully saturated rings. The van der Waals surface area contributed by atoms with Crippen molar-refractivity contribution in [3.05, 3.63) is 145 Å². The summed E-state index contributed by atoms with van der Waals surface area (Å²) in [5.41, 5.74) is 2.68. The second-order valence-electron chi connectivity index (χ2n) is 13.9. The second-order valence-corrected chi connectivity index (χ2v) is 16.1. The van der Waals surface area contributed by atoms with E-state index in [1.807, 2.05) is 118 Å². The fraction of sp³-hybridized carbons (Fsp3) is 0.306. The molecule has 0 aliphatic heterocycles. The Morgan fingerprint density at radius 3 is 1.46 bits per heavy atom. The van der Waals surface area contributed by atoms with Crippen molar-refractivity contribution in [1.29, 1.82) is 0 Å². The number of carbonyl (C=O) groups is 2. The summed E-state index contributed by atoms with van der Waals surface area (Å²) in [4.78, 5) is 28.9. The lowest BCUT2D eigenvalue weighted by Crippen LogP contribution is -2.51. The number of rotatable bonds is 25. The summed E-state index contributed by atoms with van der Waals surface area (Å²) in [6, 6.07) is 29.3.